The summed E-state index contributed by atoms with van der Waals surface area (Å²) in [5, 5.41) is 2.99. The molecule has 1 amide bonds. The predicted octanol–water partition coefficient (Wildman–Crippen LogP) is 4.07. The molecule has 1 aromatic carbocycles. The van der Waals surface area contributed by atoms with E-state index in [1.54, 1.807) is 14.0 Å². The number of fused-ring (bicyclic) bond motifs is 1. The first-order valence-electron chi connectivity index (χ1n) is 7.85. The van der Waals surface area contributed by atoms with Crippen LogP contribution in [0.3, 0.4) is 0 Å². The molecule has 4 heteroatoms. The smallest absolute Gasteiger partial charge is 0.238 e. The van der Waals surface area contributed by atoms with E-state index < -0.39 is 5.41 Å². The third-order valence-corrected chi connectivity index (χ3v) is 4.63. The van der Waals surface area contributed by atoms with E-state index in [4.69, 9.17) is 4.74 Å². The van der Waals surface area contributed by atoms with Gasteiger partial charge in [-0.3, -0.25) is 9.59 Å². The zero-order valence-electron chi connectivity index (χ0n) is 14.3. The minimum atomic E-state index is -0.993. The summed E-state index contributed by atoms with van der Waals surface area (Å²) in [5.41, 5.74) is 2.02. The van der Waals surface area contributed by atoms with Crippen LogP contribution in [0.4, 0.5) is 5.69 Å². The molecule has 1 unspecified atom stereocenters. The van der Waals surface area contributed by atoms with Crippen LogP contribution in [0.1, 0.15) is 67.9 Å². The van der Waals surface area contributed by atoms with Crippen molar-refractivity contribution in [1.29, 1.82) is 0 Å². The van der Waals surface area contributed by atoms with Gasteiger partial charge in [-0.25, -0.2) is 0 Å². The molecule has 0 radical (unpaired) electrons. The van der Waals surface area contributed by atoms with Crippen molar-refractivity contribution in [2.45, 2.75) is 53.4 Å². The Morgan fingerprint density at radius 3 is 2.45 bits per heavy atom. The number of benzene rings is 1. The fraction of sp³-hybridized carbons (Fsp3) is 0.556. The van der Waals surface area contributed by atoms with Crippen molar-refractivity contribution in [2.75, 3.05) is 12.4 Å². The number of methoxy groups -OCH3 is 1. The number of hydrogen-bond donors (Lipinski definition) is 1. The van der Waals surface area contributed by atoms with Crippen LogP contribution in [0.25, 0.3) is 0 Å². The number of carbonyl (C=O) groups is 2. The predicted molar refractivity (Wildman–Crippen MR) is 87.8 cm³/mol. The molecule has 1 aliphatic rings. The van der Waals surface area contributed by atoms with E-state index in [0.29, 0.717) is 23.4 Å². The third-order valence-electron chi connectivity index (χ3n) is 4.63. The van der Waals surface area contributed by atoms with E-state index in [1.807, 2.05) is 33.8 Å². The van der Waals surface area contributed by atoms with Crippen molar-refractivity contribution < 1.29 is 14.3 Å². The summed E-state index contributed by atoms with van der Waals surface area (Å²) in [7, 11) is 1.61. The standard InChI is InChI=1S/C18H25NO3/c1-7-8-18(5)16(20)14-11(4)13(22-6)9-12(10(2)3)15(14)19-17(18)21/h9-10H,7-8H2,1-6H3,(H,19,21). The Balaban J connectivity index is 2.75. The van der Waals surface area contributed by atoms with E-state index in [1.165, 1.54) is 0 Å². The van der Waals surface area contributed by atoms with Crippen LogP contribution in [0.2, 0.25) is 0 Å². The van der Waals surface area contributed by atoms with Gasteiger partial charge in [0.1, 0.15) is 11.2 Å². The quantitative estimate of drug-likeness (QED) is 0.853. The lowest BCUT2D eigenvalue weighted by Gasteiger charge is -2.35. The molecule has 1 heterocycles. The van der Waals surface area contributed by atoms with Crippen molar-refractivity contribution in [1.82, 2.24) is 0 Å². The summed E-state index contributed by atoms with van der Waals surface area (Å²) in [5.74, 6) is 0.599. The minimum absolute atomic E-state index is 0.0913. The fourth-order valence-electron chi connectivity index (χ4n) is 3.22. The van der Waals surface area contributed by atoms with Gasteiger partial charge in [-0.1, -0.05) is 27.2 Å². The summed E-state index contributed by atoms with van der Waals surface area (Å²) in [4.78, 5) is 25.6. The average molecular weight is 303 g/mol. The maximum Gasteiger partial charge on any atom is 0.238 e. The zero-order valence-corrected chi connectivity index (χ0v) is 14.3. The van der Waals surface area contributed by atoms with E-state index >= 15 is 0 Å². The Labute approximate surface area is 132 Å². The summed E-state index contributed by atoms with van der Waals surface area (Å²) >= 11 is 0. The van der Waals surface area contributed by atoms with Crippen molar-refractivity contribution in [2.24, 2.45) is 5.41 Å². The molecule has 22 heavy (non-hydrogen) atoms. The maximum atomic E-state index is 13.1. The Kier molecular flexibility index (Phi) is 4.32. The molecular formula is C18H25NO3. The second kappa shape index (κ2) is 5.75. The van der Waals surface area contributed by atoms with Crippen LogP contribution >= 0.6 is 0 Å². The molecule has 0 saturated heterocycles. The topological polar surface area (TPSA) is 55.4 Å². The van der Waals surface area contributed by atoms with Gasteiger partial charge in [-0.05, 0) is 37.8 Å². The Bertz CT molecular complexity index is 634. The maximum absolute atomic E-state index is 13.1. The van der Waals surface area contributed by atoms with Crippen molar-refractivity contribution >= 4 is 17.4 Å². The van der Waals surface area contributed by atoms with Crippen LogP contribution in [0.5, 0.6) is 5.75 Å². The molecule has 4 nitrogen and oxygen atoms in total. The molecule has 0 aromatic heterocycles. The molecule has 0 spiro atoms. The highest BCUT2D eigenvalue weighted by molar-refractivity contribution is 6.25. The molecule has 0 bridgehead atoms. The number of Topliss-reactive ketones (excluding diaryl/α,β-unsaturated/α-hetero) is 1. The molecule has 0 fully saturated rings. The number of ether oxygens (including phenoxy) is 1. The first-order chi connectivity index (χ1) is 10.3. The number of carbonyl (C=O) groups excluding carboxylic acids is 2. The van der Waals surface area contributed by atoms with Crippen molar-refractivity contribution in [3.63, 3.8) is 0 Å². The van der Waals surface area contributed by atoms with Crippen LogP contribution < -0.4 is 10.1 Å². The fourth-order valence-corrected chi connectivity index (χ4v) is 3.22. The molecule has 1 aromatic rings. The molecule has 2 rings (SSSR count). The Morgan fingerprint density at radius 1 is 1.32 bits per heavy atom. The molecular weight excluding hydrogens is 278 g/mol. The lowest BCUT2D eigenvalue weighted by molar-refractivity contribution is -0.123. The van der Waals surface area contributed by atoms with Gasteiger partial charge in [0, 0.05) is 11.1 Å². The number of hydrogen-bond acceptors (Lipinski definition) is 3. The lowest BCUT2D eigenvalue weighted by atomic mass is 9.72. The lowest BCUT2D eigenvalue weighted by Crippen LogP contribution is -2.45. The van der Waals surface area contributed by atoms with E-state index in [-0.39, 0.29) is 17.6 Å². The second-order valence-electron chi connectivity index (χ2n) is 6.56. The highest BCUT2D eigenvalue weighted by Gasteiger charge is 2.46. The molecule has 1 aliphatic heterocycles. The molecule has 0 saturated carbocycles. The van der Waals surface area contributed by atoms with Gasteiger partial charge in [0.15, 0.2) is 5.78 Å². The number of amides is 1. The SMILES string of the molecule is CCCC1(C)C(=O)Nc2c(C(C)C)cc(OC)c(C)c2C1=O. The average Bonchev–Trinajstić information content (AvgIpc) is 2.45. The minimum Gasteiger partial charge on any atom is -0.496 e. The normalized spacial score (nSPS) is 20.9. The summed E-state index contributed by atoms with van der Waals surface area (Å²) in [6, 6.07) is 1.93. The molecule has 1 atom stereocenters. The van der Waals surface area contributed by atoms with Gasteiger partial charge in [-0.15, -0.1) is 0 Å². The third kappa shape index (κ3) is 2.31. The van der Waals surface area contributed by atoms with Gasteiger partial charge < -0.3 is 10.1 Å². The summed E-state index contributed by atoms with van der Waals surface area (Å²) in [6.07, 6.45) is 1.33. The summed E-state index contributed by atoms with van der Waals surface area (Å²) < 4.78 is 5.44. The highest BCUT2D eigenvalue weighted by Crippen LogP contribution is 2.44. The van der Waals surface area contributed by atoms with Gasteiger partial charge in [-0.2, -0.15) is 0 Å². The van der Waals surface area contributed by atoms with E-state index in [2.05, 4.69) is 5.32 Å². The Morgan fingerprint density at radius 2 is 1.95 bits per heavy atom. The first-order valence-corrected chi connectivity index (χ1v) is 7.85. The van der Waals surface area contributed by atoms with Crippen LogP contribution in [0.15, 0.2) is 6.07 Å². The van der Waals surface area contributed by atoms with E-state index in [9.17, 15) is 9.59 Å². The monoisotopic (exact) mass is 303 g/mol. The number of anilines is 1. The largest absolute Gasteiger partial charge is 0.496 e. The molecule has 0 aliphatic carbocycles. The molecule has 1 N–H and O–H groups in total. The van der Waals surface area contributed by atoms with Gasteiger partial charge in [0.25, 0.3) is 0 Å². The van der Waals surface area contributed by atoms with Gasteiger partial charge in [0.05, 0.1) is 12.8 Å². The zero-order chi connectivity index (χ0) is 16.7. The van der Waals surface area contributed by atoms with Crippen LogP contribution in [-0.2, 0) is 4.79 Å². The van der Waals surface area contributed by atoms with Crippen LogP contribution in [0, 0.1) is 12.3 Å². The van der Waals surface area contributed by atoms with Gasteiger partial charge in [0.2, 0.25) is 5.91 Å². The number of rotatable bonds is 4. The highest BCUT2D eigenvalue weighted by atomic mass is 16.5. The van der Waals surface area contributed by atoms with E-state index in [0.717, 1.165) is 17.5 Å². The molecule has 120 valence electrons. The second-order valence-corrected chi connectivity index (χ2v) is 6.56. The van der Waals surface area contributed by atoms with Crippen molar-refractivity contribution in [3.05, 3.63) is 22.8 Å². The number of nitrogens with one attached hydrogen (secondary N) is 1. The van der Waals surface area contributed by atoms with Crippen molar-refractivity contribution in [3.8, 4) is 5.75 Å². The summed E-state index contributed by atoms with van der Waals surface area (Å²) in [6.45, 7) is 9.69. The van der Waals surface area contributed by atoms with Gasteiger partial charge >= 0.3 is 0 Å². The number of ketones is 1. The Hall–Kier alpha value is -1.84. The van der Waals surface area contributed by atoms with Crippen LogP contribution in [-0.4, -0.2) is 18.8 Å². The first kappa shape index (κ1) is 16.5.